The smallest absolute Gasteiger partial charge is 0.321 e. The van der Waals surface area contributed by atoms with Gasteiger partial charge in [-0.25, -0.2) is 9.18 Å². The van der Waals surface area contributed by atoms with Gasteiger partial charge >= 0.3 is 6.03 Å². The summed E-state index contributed by atoms with van der Waals surface area (Å²) in [6.45, 7) is 2.95. The molecule has 0 aliphatic carbocycles. The van der Waals surface area contributed by atoms with Gasteiger partial charge in [0.25, 0.3) is 5.91 Å². The second-order valence-electron chi connectivity index (χ2n) is 7.94. The molecule has 3 amide bonds. The van der Waals surface area contributed by atoms with Crippen LogP contribution in [0.4, 0.5) is 20.6 Å². The lowest BCUT2D eigenvalue weighted by atomic mass is 10.1. The third-order valence-corrected chi connectivity index (χ3v) is 5.57. The summed E-state index contributed by atoms with van der Waals surface area (Å²) in [6.07, 6.45) is 0.783. The molecule has 0 atom stereocenters. The van der Waals surface area contributed by atoms with Crippen molar-refractivity contribution in [2.24, 2.45) is 0 Å². The minimum atomic E-state index is -0.340. The summed E-state index contributed by atoms with van der Waals surface area (Å²) in [4.78, 5) is 40.8. The van der Waals surface area contributed by atoms with Crippen molar-refractivity contribution in [2.45, 2.75) is 19.9 Å². The molecule has 4 rings (SSSR count). The van der Waals surface area contributed by atoms with Gasteiger partial charge in [0.05, 0.1) is 5.69 Å². The van der Waals surface area contributed by atoms with Crippen LogP contribution >= 0.6 is 0 Å². The first kappa shape index (κ1) is 22.2. The number of benzene rings is 3. The second-order valence-corrected chi connectivity index (χ2v) is 7.94. The lowest BCUT2D eigenvalue weighted by molar-refractivity contribution is 0.101. The van der Waals surface area contributed by atoms with Crippen molar-refractivity contribution in [3.05, 3.63) is 95.3 Å². The first-order chi connectivity index (χ1) is 15.9. The van der Waals surface area contributed by atoms with Crippen LogP contribution < -0.4 is 10.2 Å². The van der Waals surface area contributed by atoms with Gasteiger partial charge in [-0.2, -0.15) is 0 Å². The van der Waals surface area contributed by atoms with Crippen molar-refractivity contribution in [2.75, 3.05) is 23.3 Å². The van der Waals surface area contributed by atoms with Crippen LogP contribution in [0.2, 0.25) is 0 Å². The van der Waals surface area contributed by atoms with Crippen molar-refractivity contribution < 1.29 is 18.8 Å². The van der Waals surface area contributed by atoms with Gasteiger partial charge in [-0.1, -0.05) is 24.3 Å². The molecule has 7 heteroatoms. The number of rotatable bonds is 6. The molecule has 1 saturated heterocycles. The number of halogens is 1. The lowest BCUT2D eigenvalue weighted by Crippen LogP contribution is -2.49. The van der Waals surface area contributed by atoms with Gasteiger partial charge in [0.15, 0.2) is 5.78 Å². The van der Waals surface area contributed by atoms with Crippen molar-refractivity contribution in [3.63, 3.8) is 0 Å². The van der Waals surface area contributed by atoms with E-state index in [2.05, 4.69) is 5.32 Å². The average molecular weight is 445 g/mol. The Balaban J connectivity index is 1.45. The van der Waals surface area contributed by atoms with Crippen LogP contribution in [0, 0.1) is 5.82 Å². The van der Waals surface area contributed by atoms with Gasteiger partial charge < -0.3 is 10.2 Å². The molecule has 0 unspecified atom stereocenters. The summed E-state index contributed by atoms with van der Waals surface area (Å²) in [5, 5.41) is 2.78. The van der Waals surface area contributed by atoms with E-state index in [1.165, 1.54) is 19.1 Å². The highest BCUT2D eigenvalue weighted by molar-refractivity contribution is 6.09. The summed E-state index contributed by atoms with van der Waals surface area (Å²) < 4.78 is 13.5. The summed E-state index contributed by atoms with van der Waals surface area (Å²) >= 11 is 0. The predicted octanol–water partition coefficient (Wildman–Crippen LogP) is 5.11. The lowest BCUT2D eigenvalue weighted by Gasteiger charge is -2.35. The number of urea groups is 1. The van der Waals surface area contributed by atoms with Crippen molar-refractivity contribution in [3.8, 4) is 0 Å². The van der Waals surface area contributed by atoms with E-state index >= 15 is 0 Å². The van der Waals surface area contributed by atoms with Gasteiger partial charge in [0.1, 0.15) is 5.82 Å². The molecule has 1 N–H and O–H groups in total. The van der Waals surface area contributed by atoms with Crippen LogP contribution in [0.5, 0.6) is 0 Å². The Morgan fingerprint density at radius 3 is 2.45 bits per heavy atom. The number of hydrogen-bond donors (Lipinski definition) is 1. The van der Waals surface area contributed by atoms with E-state index in [0.717, 1.165) is 12.0 Å². The molecule has 1 aliphatic rings. The van der Waals surface area contributed by atoms with E-state index in [0.29, 0.717) is 42.1 Å². The van der Waals surface area contributed by atoms with Crippen LogP contribution in [0.3, 0.4) is 0 Å². The summed E-state index contributed by atoms with van der Waals surface area (Å²) in [5.74, 6) is -0.797. The van der Waals surface area contributed by atoms with Crippen LogP contribution in [0.15, 0.2) is 72.8 Å². The van der Waals surface area contributed by atoms with Gasteiger partial charge in [-0.3, -0.25) is 14.5 Å². The highest BCUT2D eigenvalue weighted by Gasteiger charge is 2.27. The molecule has 3 aromatic rings. The highest BCUT2D eigenvalue weighted by Crippen LogP contribution is 2.23. The van der Waals surface area contributed by atoms with Gasteiger partial charge in [-0.05, 0) is 67.4 Å². The first-order valence-corrected chi connectivity index (χ1v) is 10.7. The Labute approximate surface area is 191 Å². The molecule has 33 heavy (non-hydrogen) atoms. The fourth-order valence-electron chi connectivity index (χ4n) is 3.91. The number of para-hydroxylation sites is 1. The molecular weight excluding hydrogens is 421 g/mol. The molecule has 0 saturated carbocycles. The molecule has 0 radical (unpaired) electrons. The Bertz CT molecular complexity index is 1190. The maximum atomic E-state index is 13.5. The van der Waals surface area contributed by atoms with Gasteiger partial charge in [-0.15, -0.1) is 0 Å². The quantitative estimate of drug-likeness (QED) is 0.536. The van der Waals surface area contributed by atoms with Crippen LogP contribution in [-0.4, -0.2) is 35.7 Å². The third-order valence-electron chi connectivity index (χ3n) is 5.57. The number of ketones is 1. The Hall–Kier alpha value is -4.00. The van der Waals surface area contributed by atoms with Crippen LogP contribution in [0.1, 0.15) is 39.6 Å². The normalized spacial score (nSPS) is 13.7. The van der Waals surface area contributed by atoms with E-state index in [9.17, 15) is 18.8 Å². The number of carbonyl (C=O) groups is 3. The molecular formula is C26H24FN3O3. The topological polar surface area (TPSA) is 69.7 Å². The number of anilines is 2. The minimum Gasteiger partial charge on any atom is -0.321 e. The van der Waals surface area contributed by atoms with E-state index < -0.39 is 0 Å². The SMILES string of the molecule is CC(=O)c1ccccc1NC(=O)c1ccc(N2CCCN(Cc3cccc(F)c3)C2=O)cc1. The second kappa shape index (κ2) is 9.65. The zero-order valence-electron chi connectivity index (χ0n) is 18.3. The molecule has 3 aromatic carbocycles. The van der Waals surface area contributed by atoms with E-state index in [4.69, 9.17) is 0 Å². The van der Waals surface area contributed by atoms with Gasteiger partial charge in [0, 0.05) is 36.4 Å². The predicted molar refractivity (Wildman–Crippen MR) is 125 cm³/mol. The van der Waals surface area contributed by atoms with Crippen molar-refractivity contribution >= 4 is 29.1 Å². The molecule has 1 aliphatic heterocycles. The fourth-order valence-corrected chi connectivity index (χ4v) is 3.91. The summed E-state index contributed by atoms with van der Waals surface area (Å²) in [5.41, 5.74) is 2.74. The maximum Gasteiger partial charge on any atom is 0.324 e. The van der Waals surface area contributed by atoms with Crippen molar-refractivity contribution in [1.29, 1.82) is 0 Å². The molecule has 168 valence electrons. The summed E-state index contributed by atoms with van der Waals surface area (Å²) in [6, 6.07) is 19.7. The monoisotopic (exact) mass is 445 g/mol. The average Bonchev–Trinajstić information content (AvgIpc) is 2.81. The number of nitrogens with zero attached hydrogens (tertiary/aromatic N) is 2. The Morgan fingerprint density at radius 1 is 0.970 bits per heavy atom. The Kier molecular flexibility index (Phi) is 6.49. The maximum absolute atomic E-state index is 13.5. The number of nitrogens with one attached hydrogen (secondary N) is 1. The van der Waals surface area contributed by atoms with E-state index in [-0.39, 0.29) is 23.5 Å². The molecule has 0 bridgehead atoms. The number of amides is 3. The highest BCUT2D eigenvalue weighted by atomic mass is 19.1. The standard InChI is InChI=1S/C26H24FN3O3/c1-18(31)23-8-2-3-9-24(23)28-25(32)20-10-12-22(13-11-20)30-15-5-14-29(26(30)33)17-19-6-4-7-21(27)16-19/h2-4,6-13,16H,5,14-15,17H2,1H3,(H,28,32). The zero-order valence-corrected chi connectivity index (χ0v) is 18.3. The van der Waals surface area contributed by atoms with E-state index in [1.807, 2.05) is 0 Å². The molecule has 0 spiro atoms. The van der Waals surface area contributed by atoms with Crippen LogP contribution in [-0.2, 0) is 6.54 Å². The third kappa shape index (κ3) is 5.09. The zero-order chi connectivity index (χ0) is 23.4. The minimum absolute atomic E-state index is 0.132. The fraction of sp³-hybridized carbons (Fsp3) is 0.192. The first-order valence-electron chi connectivity index (χ1n) is 10.7. The number of carbonyl (C=O) groups excluding carboxylic acids is 3. The number of hydrogen-bond acceptors (Lipinski definition) is 3. The Morgan fingerprint density at radius 2 is 1.73 bits per heavy atom. The summed E-state index contributed by atoms with van der Waals surface area (Å²) in [7, 11) is 0. The van der Waals surface area contributed by atoms with Crippen molar-refractivity contribution in [1.82, 2.24) is 4.90 Å². The van der Waals surface area contributed by atoms with Crippen LogP contribution in [0.25, 0.3) is 0 Å². The molecule has 1 heterocycles. The molecule has 0 aromatic heterocycles. The largest absolute Gasteiger partial charge is 0.324 e. The number of Topliss-reactive ketones (excluding diaryl/α,β-unsaturated/α-hetero) is 1. The van der Waals surface area contributed by atoms with Gasteiger partial charge in [0.2, 0.25) is 0 Å². The van der Waals surface area contributed by atoms with E-state index in [1.54, 1.807) is 70.5 Å². The molecule has 6 nitrogen and oxygen atoms in total. The molecule has 1 fully saturated rings.